The molecule has 0 radical (unpaired) electrons. The molecule has 0 saturated carbocycles. The van der Waals surface area contributed by atoms with Crippen LogP contribution in [-0.4, -0.2) is 76.7 Å². The Balaban J connectivity index is 1.56. The van der Waals surface area contributed by atoms with Crippen LogP contribution in [0.1, 0.15) is 31.5 Å². The van der Waals surface area contributed by atoms with E-state index in [4.69, 9.17) is 16.3 Å². The average molecular weight is 370 g/mol. The summed E-state index contributed by atoms with van der Waals surface area (Å²) in [4.78, 5) is 33.1. The fourth-order valence-corrected chi connectivity index (χ4v) is 3.94. The molecule has 2 saturated heterocycles. The summed E-state index contributed by atoms with van der Waals surface area (Å²) in [5, 5.41) is 6.61. The van der Waals surface area contributed by atoms with Crippen LogP contribution in [0.2, 0.25) is 5.28 Å². The molecule has 2 aliphatic rings. The molecule has 3 heterocycles. The molecule has 3 rings (SSSR count). The maximum absolute atomic E-state index is 12.9. The number of amides is 2. The molecule has 0 bridgehead atoms. The number of nitrogens with zero attached hydrogens (tertiary/aromatic N) is 4. The number of hydrogen-bond donors (Lipinski definition) is 1. The zero-order valence-corrected chi connectivity index (χ0v) is 15.2. The van der Waals surface area contributed by atoms with Crippen molar-refractivity contribution < 1.29 is 14.3 Å². The molecule has 1 aromatic rings. The van der Waals surface area contributed by atoms with Crippen molar-refractivity contribution >= 4 is 23.4 Å². The largest absolute Gasteiger partial charge is 0.383 e. The van der Waals surface area contributed by atoms with E-state index in [1.165, 1.54) is 0 Å². The van der Waals surface area contributed by atoms with Crippen molar-refractivity contribution in [3.63, 3.8) is 0 Å². The Morgan fingerprint density at radius 3 is 2.96 bits per heavy atom. The minimum atomic E-state index is -0.406. The van der Waals surface area contributed by atoms with Crippen LogP contribution < -0.4 is 0 Å². The van der Waals surface area contributed by atoms with Gasteiger partial charge in [-0.2, -0.15) is 0 Å². The Morgan fingerprint density at radius 2 is 2.24 bits per heavy atom. The SMILES string of the molecule is COCCN1CCCC2(CCN(C(=O)CCc3nc(Cl)n[nH]3)C2)C1=O. The second-order valence-corrected chi connectivity index (χ2v) is 7.12. The van der Waals surface area contributed by atoms with Gasteiger partial charge in [0.2, 0.25) is 17.1 Å². The number of carbonyl (C=O) groups is 2. The summed E-state index contributed by atoms with van der Waals surface area (Å²) in [5.41, 5.74) is -0.406. The normalized spacial score (nSPS) is 23.7. The van der Waals surface area contributed by atoms with Crippen molar-refractivity contribution in [3.05, 3.63) is 11.1 Å². The van der Waals surface area contributed by atoms with E-state index in [-0.39, 0.29) is 17.1 Å². The number of H-pyrrole nitrogens is 1. The molecule has 9 heteroatoms. The van der Waals surface area contributed by atoms with E-state index in [9.17, 15) is 9.59 Å². The Hall–Kier alpha value is -1.67. The third-order valence-corrected chi connectivity index (χ3v) is 5.35. The molecule has 2 aliphatic heterocycles. The number of aromatic amines is 1. The summed E-state index contributed by atoms with van der Waals surface area (Å²) in [7, 11) is 1.64. The number of rotatable bonds is 6. The number of likely N-dealkylation sites (tertiary alicyclic amines) is 2. The van der Waals surface area contributed by atoms with Gasteiger partial charge in [0.15, 0.2) is 0 Å². The van der Waals surface area contributed by atoms with E-state index >= 15 is 0 Å². The second kappa shape index (κ2) is 7.70. The van der Waals surface area contributed by atoms with E-state index in [2.05, 4.69) is 15.2 Å². The monoisotopic (exact) mass is 369 g/mol. The minimum Gasteiger partial charge on any atom is -0.383 e. The van der Waals surface area contributed by atoms with Gasteiger partial charge in [-0.15, -0.1) is 5.10 Å². The van der Waals surface area contributed by atoms with Gasteiger partial charge in [-0.05, 0) is 30.9 Å². The van der Waals surface area contributed by atoms with Crippen molar-refractivity contribution in [2.45, 2.75) is 32.1 Å². The predicted octanol–water partition coefficient (Wildman–Crippen LogP) is 0.878. The van der Waals surface area contributed by atoms with E-state index in [1.807, 2.05) is 9.80 Å². The number of methoxy groups -OCH3 is 1. The molecule has 1 spiro atoms. The highest BCUT2D eigenvalue weighted by Crippen LogP contribution is 2.40. The molecular weight excluding hydrogens is 346 g/mol. The van der Waals surface area contributed by atoms with Gasteiger partial charge >= 0.3 is 0 Å². The minimum absolute atomic E-state index is 0.0474. The first-order chi connectivity index (χ1) is 12.0. The van der Waals surface area contributed by atoms with Crippen LogP contribution in [0, 0.1) is 5.41 Å². The van der Waals surface area contributed by atoms with Crippen molar-refractivity contribution in [1.82, 2.24) is 25.0 Å². The molecule has 1 unspecified atom stereocenters. The number of aromatic nitrogens is 3. The fraction of sp³-hybridized carbons (Fsp3) is 0.750. The summed E-state index contributed by atoms with van der Waals surface area (Å²) in [6.07, 6.45) is 3.39. The Morgan fingerprint density at radius 1 is 1.40 bits per heavy atom. The molecule has 8 nitrogen and oxygen atoms in total. The molecule has 2 fully saturated rings. The topological polar surface area (TPSA) is 91.4 Å². The van der Waals surface area contributed by atoms with E-state index in [0.717, 1.165) is 25.8 Å². The van der Waals surface area contributed by atoms with Crippen molar-refractivity contribution in [1.29, 1.82) is 0 Å². The molecule has 1 atom stereocenters. The molecule has 138 valence electrons. The van der Waals surface area contributed by atoms with Crippen molar-refractivity contribution in [2.75, 3.05) is 39.9 Å². The number of hydrogen-bond acceptors (Lipinski definition) is 5. The number of aryl methyl sites for hydroxylation is 1. The lowest BCUT2D eigenvalue weighted by atomic mass is 9.78. The van der Waals surface area contributed by atoms with Crippen LogP contribution >= 0.6 is 11.6 Å². The summed E-state index contributed by atoms with van der Waals surface area (Å²) in [6.45, 7) is 3.11. The summed E-state index contributed by atoms with van der Waals surface area (Å²) >= 11 is 5.67. The number of piperidine rings is 1. The first kappa shape index (κ1) is 18.1. The predicted molar refractivity (Wildman–Crippen MR) is 91.0 cm³/mol. The Bertz CT molecular complexity index is 637. The maximum Gasteiger partial charge on any atom is 0.242 e. The second-order valence-electron chi connectivity index (χ2n) is 6.79. The Kier molecular flexibility index (Phi) is 5.58. The quantitative estimate of drug-likeness (QED) is 0.803. The number of halogens is 1. The third-order valence-electron chi connectivity index (χ3n) is 5.18. The number of ether oxygens (including phenoxy) is 1. The van der Waals surface area contributed by atoms with Gasteiger partial charge in [0.25, 0.3) is 0 Å². The molecule has 25 heavy (non-hydrogen) atoms. The molecule has 1 aromatic heterocycles. The van der Waals surface area contributed by atoms with E-state index in [1.54, 1.807) is 7.11 Å². The highest BCUT2D eigenvalue weighted by molar-refractivity contribution is 6.28. The number of carbonyl (C=O) groups excluding carboxylic acids is 2. The van der Waals surface area contributed by atoms with Gasteiger partial charge in [0, 0.05) is 46.1 Å². The number of nitrogens with one attached hydrogen (secondary N) is 1. The van der Waals surface area contributed by atoms with Gasteiger partial charge in [-0.3, -0.25) is 14.7 Å². The maximum atomic E-state index is 12.9. The first-order valence-corrected chi connectivity index (χ1v) is 9.05. The van der Waals surface area contributed by atoms with E-state index < -0.39 is 5.41 Å². The Labute approximate surface area is 151 Å². The summed E-state index contributed by atoms with van der Waals surface area (Å²) < 4.78 is 5.10. The van der Waals surface area contributed by atoms with Crippen LogP contribution in [0.15, 0.2) is 0 Å². The van der Waals surface area contributed by atoms with Crippen LogP contribution in [0.25, 0.3) is 0 Å². The van der Waals surface area contributed by atoms with Crippen LogP contribution in [-0.2, 0) is 20.7 Å². The smallest absolute Gasteiger partial charge is 0.242 e. The lowest BCUT2D eigenvalue weighted by Gasteiger charge is -2.39. The molecular formula is C16H24ClN5O3. The van der Waals surface area contributed by atoms with Crippen LogP contribution in [0.5, 0.6) is 0 Å². The molecule has 2 amide bonds. The zero-order chi connectivity index (χ0) is 17.9. The lowest BCUT2D eigenvalue weighted by molar-refractivity contribution is -0.146. The van der Waals surface area contributed by atoms with Gasteiger partial charge in [0.1, 0.15) is 5.82 Å². The van der Waals surface area contributed by atoms with Gasteiger partial charge < -0.3 is 14.5 Å². The van der Waals surface area contributed by atoms with Gasteiger partial charge in [-0.1, -0.05) is 0 Å². The molecule has 0 aromatic carbocycles. The zero-order valence-electron chi connectivity index (χ0n) is 14.5. The lowest BCUT2D eigenvalue weighted by Crippen LogP contribution is -2.51. The standard InChI is InChI=1S/C16H24ClN5O3/c1-25-10-9-21-7-2-5-16(14(21)24)6-8-22(11-16)13(23)4-3-12-18-15(17)20-19-12/h2-11H2,1H3,(H,18,19,20). The van der Waals surface area contributed by atoms with Crippen LogP contribution in [0.3, 0.4) is 0 Å². The van der Waals surface area contributed by atoms with Gasteiger partial charge in [-0.25, -0.2) is 4.98 Å². The van der Waals surface area contributed by atoms with Gasteiger partial charge in [0.05, 0.1) is 12.0 Å². The highest BCUT2D eigenvalue weighted by Gasteiger charge is 2.49. The third kappa shape index (κ3) is 3.95. The fourth-order valence-electron chi connectivity index (χ4n) is 3.80. The van der Waals surface area contributed by atoms with Crippen molar-refractivity contribution in [2.24, 2.45) is 5.41 Å². The average Bonchev–Trinajstić information content (AvgIpc) is 3.21. The summed E-state index contributed by atoms with van der Waals surface area (Å²) in [6, 6.07) is 0. The van der Waals surface area contributed by atoms with Crippen molar-refractivity contribution in [3.8, 4) is 0 Å². The summed E-state index contributed by atoms with van der Waals surface area (Å²) in [5.74, 6) is 0.825. The van der Waals surface area contributed by atoms with E-state index in [0.29, 0.717) is 44.9 Å². The molecule has 1 N–H and O–H groups in total. The first-order valence-electron chi connectivity index (χ1n) is 8.67. The molecule has 0 aliphatic carbocycles. The highest BCUT2D eigenvalue weighted by atomic mass is 35.5. The van der Waals surface area contributed by atoms with Crippen LogP contribution in [0.4, 0.5) is 0 Å².